The van der Waals surface area contributed by atoms with Gasteiger partial charge in [0.15, 0.2) is 11.6 Å². The first-order valence-electron chi connectivity index (χ1n) is 5.85. The fraction of sp³-hybridized carbons (Fsp3) is 0.214. The summed E-state index contributed by atoms with van der Waals surface area (Å²) < 4.78 is 27.4. The Bertz CT molecular complexity index is 652. The molecule has 0 saturated heterocycles. The summed E-state index contributed by atoms with van der Waals surface area (Å²) in [5, 5.41) is 0. The van der Waals surface area contributed by atoms with Crippen molar-refractivity contribution in [3.05, 3.63) is 69.6 Å². The van der Waals surface area contributed by atoms with E-state index in [0.717, 1.165) is 12.1 Å². The van der Waals surface area contributed by atoms with Gasteiger partial charge in [-0.2, -0.15) is 0 Å². The fourth-order valence-electron chi connectivity index (χ4n) is 1.86. The van der Waals surface area contributed by atoms with Crippen LogP contribution in [0.1, 0.15) is 17.2 Å². The number of hydrogen-bond acceptors (Lipinski definition) is 2. The molecule has 1 unspecified atom stereocenters. The number of aromatic nitrogens is 1. The molecule has 1 atom stereocenters. The second kappa shape index (κ2) is 5.32. The molecule has 0 aliphatic heterocycles. The van der Waals surface area contributed by atoms with E-state index in [2.05, 4.69) is 0 Å². The standard InChI is InChI=1S/C14H14F2N2O/c1-9-3-2-6-18(14(9)19)8-13(17)10-4-5-11(15)12(16)7-10/h2-7,13H,8,17H2,1H3. The Labute approximate surface area is 109 Å². The molecule has 0 saturated carbocycles. The Morgan fingerprint density at radius 1 is 1.26 bits per heavy atom. The number of halogens is 2. The molecule has 1 aromatic heterocycles. The summed E-state index contributed by atoms with van der Waals surface area (Å²) in [5.41, 5.74) is 6.84. The topological polar surface area (TPSA) is 48.0 Å². The normalized spacial score (nSPS) is 12.4. The van der Waals surface area contributed by atoms with E-state index in [9.17, 15) is 13.6 Å². The maximum atomic E-state index is 13.1. The van der Waals surface area contributed by atoms with E-state index < -0.39 is 17.7 Å². The van der Waals surface area contributed by atoms with Gasteiger partial charge >= 0.3 is 0 Å². The first-order chi connectivity index (χ1) is 8.99. The zero-order chi connectivity index (χ0) is 14.0. The summed E-state index contributed by atoms with van der Waals surface area (Å²) >= 11 is 0. The second-order valence-electron chi connectivity index (χ2n) is 4.43. The van der Waals surface area contributed by atoms with Crippen LogP contribution in [-0.4, -0.2) is 4.57 Å². The fourth-order valence-corrected chi connectivity index (χ4v) is 1.86. The van der Waals surface area contributed by atoms with Crippen molar-refractivity contribution < 1.29 is 8.78 Å². The van der Waals surface area contributed by atoms with E-state index in [1.165, 1.54) is 10.6 Å². The lowest BCUT2D eigenvalue weighted by Gasteiger charge is -2.14. The van der Waals surface area contributed by atoms with Crippen molar-refractivity contribution in [2.75, 3.05) is 0 Å². The Morgan fingerprint density at radius 2 is 2.00 bits per heavy atom. The van der Waals surface area contributed by atoms with Gasteiger partial charge in [0.1, 0.15) is 0 Å². The first kappa shape index (κ1) is 13.4. The summed E-state index contributed by atoms with van der Waals surface area (Å²) in [5.74, 6) is -1.85. The molecular formula is C14H14F2N2O. The zero-order valence-electron chi connectivity index (χ0n) is 10.4. The van der Waals surface area contributed by atoms with Crippen LogP contribution in [0, 0.1) is 18.6 Å². The van der Waals surface area contributed by atoms with Crippen LogP contribution < -0.4 is 11.3 Å². The van der Waals surface area contributed by atoms with E-state index in [1.54, 1.807) is 25.3 Å². The molecule has 0 bridgehead atoms. The molecule has 3 nitrogen and oxygen atoms in total. The van der Waals surface area contributed by atoms with Crippen molar-refractivity contribution in [1.29, 1.82) is 0 Å². The van der Waals surface area contributed by atoms with Gasteiger partial charge in [-0.3, -0.25) is 4.79 Å². The SMILES string of the molecule is Cc1cccn(CC(N)c2ccc(F)c(F)c2)c1=O. The Kier molecular flexibility index (Phi) is 3.76. The van der Waals surface area contributed by atoms with Crippen LogP contribution in [0.5, 0.6) is 0 Å². The number of nitrogens with zero attached hydrogens (tertiary/aromatic N) is 1. The van der Waals surface area contributed by atoms with Gasteiger partial charge in [0.05, 0.1) is 0 Å². The predicted octanol–water partition coefficient (Wildman–Crippen LogP) is 2.13. The highest BCUT2D eigenvalue weighted by molar-refractivity contribution is 5.21. The van der Waals surface area contributed by atoms with E-state index in [-0.39, 0.29) is 12.1 Å². The van der Waals surface area contributed by atoms with Crippen molar-refractivity contribution >= 4 is 0 Å². The zero-order valence-corrected chi connectivity index (χ0v) is 10.4. The highest BCUT2D eigenvalue weighted by Crippen LogP contribution is 2.15. The third-order valence-corrected chi connectivity index (χ3v) is 2.98. The molecule has 0 aliphatic rings. The molecule has 0 spiro atoms. The van der Waals surface area contributed by atoms with E-state index in [4.69, 9.17) is 5.73 Å². The van der Waals surface area contributed by atoms with Gasteiger partial charge in [0.2, 0.25) is 0 Å². The van der Waals surface area contributed by atoms with E-state index in [1.807, 2.05) is 0 Å². The highest BCUT2D eigenvalue weighted by atomic mass is 19.2. The van der Waals surface area contributed by atoms with E-state index in [0.29, 0.717) is 11.1 Å². The molecule has 5 heteroatoms. The average molecular weight is 264 g/mol. The quantitative estimate of drug-likeness (QED) is 0.923. The lowest BCUT2D eigenvalue weighted by molar-refractivity contribution is 0.500. The summed E-state index contributed by atoms with van der Waals surface area (Å²) in [4.78, 5) is 11.8. The van der Waals surface area contributed by atoms with Gasteiger partial charge in [0, 0.05) is 24.3 Å². The number of nitrogens with two attached hydrogens (primary N) is 1. The van der Waals surface area contributed by atoms with Gasteiger partial charge in [-0.1, -0.05) is 12.1 Å². The number of rotatable bonds is 3. The van der Waals surface area contributed by atoms with Crippen LogP contribution in [0.3, 0.4) is 0 Å². The molecule has 0 fully saturated rings. The van der Waals surface area contributed by atoms with Crippen LogP contribution in [0.4, 0.5) is 8.78 Å². The summed E-state index contributed by atoms with van der Waals surface area (Å²) in [7, 11) is 0. The minimum absolute atomic E-state index is 0.138. The predicted molar refractivity (Wildman–Crippen MR) is 68.7 cm³/mol. The number of aryl methyl sites for hydroxylation is 1. The van der Waals surface area contributed by atoms with Gasteiger partial charge < -0.3 is 10.3 Å². The van der Waals surface area contributed by atoms with Gasteiger partial charge in [-0.05, 0) is 30.7 Å². The van der Waals surface area contributed by atoms with Crippen LogP contribution >= 0.6 is 0 Å². The van der Waals surface area contributed by atoms with Crippen molar-refractivity contribution in [2.45, 2.75) is 19.5 Å². The molecule has 0 aliphatic carbocycles. The third kappa shape index (κ3) is 2.88. The molecular weight excluding hydrogens is 250 g/mol. The maximum Gasteiger partial charge on any atom is 0.253 e. The van der Waals surface area contributed by atoms with Crippen LogP contribution in [0.15, 0.2) is 41.3 Å². The van der Waals surface area contributed by atoms with E-state index >= 15 is 0 Å². The molecule has 19 heavy (non-hydrogen) atoms. The van der Waals surface area contributed by atoms with Crippen molar-refractivity contribution in [3.8, 4) is 0 Å². The minimum Gasteiger partial charge on any atom is -0.322 e. The second-order valence-corrected chi connectivity index (χ2v) is 4.43. The smallest absolute Gasteiger partial charge is 0.253 e. The van der Waals surface area contributed by atoms with Crippen LogP contribution in [0.25, 0.3) is 0 Å². The van der Waals surface area contributed by atoms with Crippen LogP contribution in [-0.2, 0) is 6.54 Å². The molecule has 1 aromatic carbocycles. The summed E-state index contributed by atoms with van der Waals surface area (Å²) in [6.45, 7) is 1.92. The van der Waals surface area contributed by atoms with Crippen molar-refractivity contribution in [1.82, 2.24) is 4.57 Å². The Balaban J connectivity index is 2.25. The first-order valence-corrected chi connectivity index (χ1v) is 5.85. The lowest BCUT2D eigenvalue weighted by atomic mass is 10.1. The minimum atomic E-state index is -0.940. The van der Waals surface area contributed by atoms with Gasteiger partial charge in [-0.15, -0.1) is 0 Å². The monoisotopic (exact) mass is 264 g/mol. The average Bonchev–Trinajstić information content (AvgIpc) is 2.38. The molecule has 2 aromatic rings. The largest absolute Gasteiger partial charge is 0.322 e. The van der Waals surface area contributed by atoms with Crippen molar-refractivity contribution in [3.63, 3.8) is 0 Å². The number of pyridine rings is 1. The summed E-state index contributed by atoms with van der Waals surface area (Å²) in [6.07, 6.45) is 1.62. The highest BCUT2D eigenvalue weighted by Gasteiger charge is 2.11. The third-order valence-electron chi connectivity index (χ3n) is 2.98. The number of benzene rings is 1. The molecule has 0 amide bonds. The van der Waals surface area contributed by atoms with Crippen molar-refractivity contribution in [2.24, 2.45) is 5.73 Å². The van der Waals surface area contributed by atoms with Gasteiger partial charge in [0.25, 0.3) is 5.56 Å². The number of hydrogen-bond donors (Lipinski definition) is 1. The molecule has 0 radical (unpaired) electrons. The molecule has 2 rings (SSSR count). The van der Waals surface area contributed by atoms with Gasteiger partial charge in [-0.25, -0.2) is 8.78 Å². The van der Waals surface area contributed by atoms with Crippen LogP contribution in [0.2, 0.25) is 0 Å². The Hall–Kier alpha value is -2.01. The molecule has 1 heterocycles. The Morgan fingerprint density at radius 3 is 2.68 bits per heavy atom. The summed E-state index contributed by atoms with van der Waals surface area (Å²) in [6, 6.07) is 6.39. The lowest BCUT2D eigenvalue weighted by Crippen LogP contribution is -2.27. The molecule has 2 N–H and O–H groups in total. The molecule has 100 valence electrons. The maximum absolute atomic E-state index is 13.1.